The summed E-state index contributed by atoms with van der Waals surface area (Å²) in [6.07, 6.45) is 1.56. The minimum absolute atomic E-state index is 0.206. The number of aromatic amines is 1. The first kappa shape index (κ1) is 7.53. The van der Waals surface area contributed by atoms with Gasteiger partial charge in [0.05, 0.1) is 5.69 Å². The van der Waals surface area contributed by atoms with E-state index in [1.54, 1.807) is 13.1 Å². The second kappa shape index (κ2) is 2.57. The minimum atomic E-state index is -0.206. The van der Waals surface area contributed by atoms with Crippen molar-refractivity contribution in [1.29, 1.82) is 0 Å². The fourth-order valence-electron chi connectivity index (χ4n) is 0.872. The number of rotatable bonds is 2. The van der Waals surface area contributed by atoms with Gasteiger partial charge in [0.2, 0.25) is 0 Å². The highest BCUT2D eigenvalue weighted by molar-refractivity contribution is 5.58. The van der Waals surface area contributed by atoms with Gasteiger partial charge in [-0.05, 0) is 12.8 Å². The van der Waals surface area contributed by atoms with Crippen LogP contribution in [-0.2, 0) is 7.05 Å². The van der Waals surface area contributed by atoms with Crippen LogP contribution in [0.25, 0.3) is 6.08 Å². The molecule has 0 saturated carbocycles. The third kappa shape index (κ3) is 1.02. The summed E-state index contributed by atoms with van der Waals surface area (Å²) < 4.78 is 1.43. The first-order valence-corrected chi connectivity index (χ1v) is 3.09. The molecule has 1 N–H and O–H groups in total. The SMILES string of the molecule is C=Cc1c(N=C)[nH]c(=O)n1C. The van der Waals surface area contributed by atoms with Crippen LogP contribution < -0.4 is 5.69 Å². The molecular formula is C7H9N3O. The Labute approximate surface area is 63.9 Å². The smallest absolute Gasteiger partial charge is 0.294 e. The van der Waals surface area contributed by atoms with Crippen molar-refractivity contribution in [1.82, 2.24) is 9.55 Å². The van der Waals surface area contributed by atoms with E-state index in [0.717, 1.165) is 0 Å². The molecule has 0 amide bonds. The van der Waals surface area contributed by atoms with Crippen molar-refractivity contribution in [2.75, 3.05) is 0 Å². The molecule has 0 atom stereocenters. The van der Waals surface area contributed by atoms with Crippen LogP contribution in [0.4, 0.5) is 5.82 Å². The summed E-state index contributed by atoms with van der Waals surface area (Å²) in [4.78, 5) is 17.1. The maximum absolute atomic E-state index is 11.0. The lowest BCUT2D eigenvalue weighted by Gasteiger charge is -1.92. The number of hydrogen-bond donors (Lipinski definition) is 1. The predicted octanol–water partition coefficient (Wildman–Crippen LogP) is 0.688. The first-order chi connectivity index (χ1) is 5.20. The largest absolute Gasteiger partial charge is 0.327 e. The Morgan fingerprint density at radius 3 is 2.73 bits per heavy atom. The number of nitrogens with zero attached hydrogens (tertiary/aromatic N) is 2. The monoisotopic (exact) mass is 151 g/mol. The molecule has 0 aliphatic heterocycles. The van der Waals surface area contributed by atoms with Gasteiger partial charge >= 0.3 is 5.69 Å². The Bertz CT molecular complexity index is 345. The zero-order valence-corrected chi connectivity index (χ0v) is 6.29. The van der Waals surface area contributed by atoms with Crippen LogP contribution in [0.5, 0.6) is 0 Å². The van der Waals surface area contributed by atoms with Gasteiger partial charge in [-0.15, -0.1) is 0 Å². The summed E-state index contributed by atoms with van der Waals surface area (Å²) in [7, 11) is 1.64. The van der Waals surface area contributed by atoms with Gasteiger partial charge in [-0.3, -0.25) is 9.55 Å². The normalized spacial score (nSPS) is 9.55. The summed E-state index contributed by atoms with van der Waals surface area (Å²) >= 11 is 0. The van der Waals surface area contributed by atoms with Gasteiger partial charge in [-0.1, -0.05) is 6.58 Å². The molecule has 0 radical (unpaired) electrons. The van der Waals surface area contributed by atoms with Crippen LogP contribution in [0.2, 0.25) is 0 Å². The summed E-state index contributed by atoms with van der Waals surface area (Å²) in [6.45, 7) is 6.86. The van der Waals surface area contributed by atoms with Gasteiger partial charge < -0.3 is 0 Å². The number of H-pyrrole nitrogens is 1. The number of imidazole rings is 1. The average Bonchev–Trinajstić information content (AvgIpc) is 2.28. The zero-order valence-electron chi connectivity index (χ0n) is 6.29. The van der Waals surface area contributed by atoms with Gasteiger partial charge in [0.15, 0.2) is 5.82 Å². The van der Waals surface area contributed by atoms with E-state index in [1.807, 2.05) is 0 Å². The van der Waals surface area contributed by atoms with Crippen LogP contribution in [0.15, 0.2) is 16.4 Å². The molecule has 0 bridgehead atoms. The van der Waals surface area contributed by atoms with E-state index >= 15 is 0 Å². The summed E-state index contributed by atoms with van der Waals surface area (Å²) in [5, 5.41) is 0. The van der Waals surface area contributed by atoms with Gasteiger partial charge in [-0.2, -0.15) is 0 Å². The third-order valence-electron chi connectivity index (χ3n) is 1.49. The molecule has 11 heavy (non-hydrogen) atoms. The summed E-state index contributed by atoms with van der Waals surface area (Å²) in [6, 6.07) is 0. The molecule has 0 saturated heterocycles. The Kier molecular flexibility index (Phi) is 1.76. The number of hydrogen-bond acceptors (Lipinski definition) is 2. The highest BCUT2D eigenvalue weighted by Crippen LogP contribution is 2.12. The lowest BCUT2D eigenvalue weighted by molar-refractivity contribution is 0.853. The molecule has 58 valence electrons. The minimum Gasteiger partial charge on any atom is -0.294 e. The van der Waals surface area contributed by atoms with E-state index in [4.69, 9.17) is 0 Å². The van der Waals surface area contributed by atoms with E-state index in [-0.39, 0.29) is 5.69 Å². The van der Waals surface area contributed by atoms with E-state index in [2.05, 4.69) is 23.3 Å². The number of nitrogens with one attached hydrogen (secondary N) is 1. The van der Waals surface area contributed by atoms with E-state index < -0.39 is 0 Å². The first-order valence-electron chi connectivity index (χ1n) is 3.09. The molecule has 1 heterocycles. The Balaban J connectivity index is 3.49. The molecule has 4 nitrogen and oxygen atoms in total. The summed E-state index contributed by atoms with van der Waals surface area (Å²) in [5.41, 5.74) is 0.451. The van der Waals surface area contributed by atoms with Crippen molar-refractivity contribution in [3.8, 4) is 0 Å². The van der Waals surface area contributed by atoms with E-state index in [9.17, 15) is 4.79 Å². The highest BCUT2D eigenvalue weighted by Gasteiger charge is 2.04. The number of aromatic nitrogens is 2. The van der Waals surface area contributed by atoms with E-state index in [0.29, 0.717) is 11.5 Å². The van der Waals surface area contributed by atoms with Gasteiger partial charge in [0, 0.05) is 7.05 Å². The van der Waals surface area contributed by atoms with Crippen LogP contribution in [0.1, 0.15) is 5.69 Å². The molecule has 4 heteroatoms. The number of aliphatic imine (C=N–C) groups is 1. The molecule has 1 rings (SSSR count). The van der Waals surface area contributed by atoms with E-state index in [1.165, 1.54) is 4.57 Å². The van der Waals surface area contributed by atoms with Crippen LogP contribution in [0.3, 0.4) is 0 Å². The standard InChI is InChI=1S/C7H9N3O/c1-4-5-6(8-2)9-7(11)10(5)3/h4H,1-2H2,3H3,(H,9,11). The molecule has 1 aromatic rings. The Morgan fingerprint density at radius 2 is 2.36 bits per heavy atom. The quantitative estimate of drug-likeness (QED) is 0.621. The topological polar surface area (TPSA) is 50.1 Å². The van der Waals surface area contributed by atoms with Gasteiger partial charge in [0.1, 0.15) is 0 Å². The average molecular weight is 151 g/mol. The maximum Gasteiger partial charge on any atom is 0.327 e. The molecule has 0 aliphatic carbocycles. The molecule has 0 unspecified atom stereocenters. The molecular weight excluding hydrogens is 142 g/mol. The molecule has 1 aromatic heterocycles. The lowest BCUT2D eigenvalue weighted by Crippen LogP contribution is -2.12. The van der Waals surface area contributed by atoms with Crippen molar-refractivity contribution < 1.29 is 0 Å². The van der Waals surface area contributed by atoms with Crippen molar-refractivity contribution in [3.63, 3.8) is 0 Å². The van der Waals surface area contributed by atoms with Crippen LogP contribution in [0, 0.1) is 0 Å². The molecule has 0 aromatic carbocycles. The molecule has 0 spiro atoms. The summed E-state index contributed by atoms with van der Waals surface area (Å²) in [5.74, 6) is 0.465. The van der Waals surface area contributed by atoms with Crippen molar-refractivity contribution in [2.45, 2.75) is 0 Å². The molecule has 0 aliphatic rings. The van der Waals surface area contributed by atoms with Gasteiger partial charge in [-0.25, -0.2) is 9.79 Å². The van der Waals surface area contributed by atoms with Gasteiger partial charge in [0.25, 0.3) is 0 Å². The van der Waals surface area contributed by atoms with Crippen molar-refractivity contribution in [2.24, 2.45) is 12.0 Å². The fraction of sp³-hybridized carbons (Fsp3) is 0.143. The van der Waals surface area contributed by atoms with Crippen LogP contribution >= 0.6 is 0 Å². The zero-order chi connectivity index (χ0) is 8.43. The lowest BCUT2D eigenvalue weighted by atomic mass is 10.4. The Morgan fingerprint density at radius 1 is 1.73 bits per heavy atom. The second-order valence-electron chi connectivity index (χ2n) is 2.09. The van der Waals surface area contributed by atoms with Crippen molar-refractivity contribution in [3.05, 3.63) is 22.8 Å². The highest BCUT2D eigenvalue weighted by atomic mass is 16.1. The van der Waals surface area contributed by atoms with Crippen LogP contribution in [-0.4, -0.2) is 16.3 Å². The Hall–Kier alpha value is -1.58. The predicted molar refractivity (Wildman–Crippen MR) is 45.3 cm³/mol. The third-order valence-corrected chi connectivity index (χ3v) is 1.49. The fourth-order valence-corrected chi connectivity index (χ4v) is 0.872. The second-order valence-corrected chi connectivity index (χ2v) is 2.09. The van der Waals surface area contributed by atoms with Crippen molar-refractivity contribution >= 4 is 18.6 Å². The molecule has 0 fully saturated rings. The maximum atomic E-state index is 11.0.